The first-order valence-electron chi connectivity index (χ1n) is 23.4. The first-order valence-corrected chi connectivity index (χ1v) is 24.9. The number of aliphatic hydroxyl groups excluding tert-OH is 3. The molecule has 1 heterocycles. The molecule has 14 heteroatoms. The van der Waals surface area contributed by atoms with Crippen molar-refractivity contribution in [2.24, 2.45) is 5.92 Å². The van der Waals surface area contributed by atoms with Gasteiger partial charge >= 0.3 is 19.8 Å². The number of esters is 2. The quantitative estimate of drug-likeness (QED) is 0.0153. The lowest BCUT2D eigenvalue weighted by molar-refractivity contribution is -0.870. The summed E-state index contributed by atoms with van der Waals surface area (Å²) >= 11 is 0. The van der Waals surface area contributed by atoms with E-state index in [1.807, 2.05) is 39.4 Å². The van der Waals surface area contributed by atoms with E-state index in [-0.39, 0.29) is 38.4 Å². The van der Waals surface area contributed by atoms with Crippen LogP contribution in [0.25, 0.3) is 0 Å². The fourth-order valence-corrected chi connectivity index (χ4v) is 7.28. The molecule has 0 aliphatic carbocycles. The second-order valence-electron chi connectivity index (χ2n) is 17.3. The topological polar surface area (TPSA) is 178 Å². The highest BCUT2D eigenvalue weighted by atomic mass is 31.2. The first-order chi connectivity index (χ1) is 29.7. The van der Waals surface area contributed by atoms with Gasteiger partial charge in [-0.1, -0.05) is 126 Å². The Morgan fingerprint density at radius 3 is 2.00 bits per heavy atom. The average molecular weight is 899 g/mol. The summed E-state index contributed by atoms with van der Waals surface area (Å²) in [5, 5.41) is 31.0. The Balaban J connectivity index is 2.56. The van der Waals surface area contributed by atoms with Gasteiger partial charge in [-0.25, -0.2) is 4.57 Å². The largest absolute Gasteiger partial charge is 0.472 e. The third kappa shape index (κ3) is 33.1. The molecule has 0 aromatic rings. The van der Waals surface area contributed by atoms with Gasteiger partial charge < -0.3 is 38.9 Å². The molecule has 1 aliphatic heterocycles. The minimum atomic E-state index is -4.47. The van der Waals surface area contributed by atoms with Crippen molar-refractivity contribution in [1.82, 2.24) is 0 Å². The molecule has 62 heavy (non-hydrogen) atoms. The molecular weight excluding hydrogens is 813 g/mol. The molecule has 7 atom stereocenters. The molecule has 0 aromatic heterocycles. The number of phosphoric ester groups is 1. The average Bonchev–Trinajstić information content (AvgIpc) is 3.20. The Morgan fingerprint density at radius 2 is 1.34 bits per heavy atom. The maximum atomic E-state index is 12.8. The third-order valence-electron chi connectivity index (χ3n) is 10.3. The van der Waals surface area contributed by atoms with Crippen LogP contribution in [0.5, 0.6) is 0 Å². The molecule has 1 aliphatic rings. The zero-order chi connectivity index (χ0) is 45.9. The van der Waals surface area contributed by atoms with Gasteiger partial charge in [0.05, 0.1) is 46.1 Å². The summed E-state index contributed by atoms with van der Waals surface area (Å²) in [5.41, 5.74) is 0. The normalized spacial score (nSPS) is 20.8. The molecular formula is C48H85NO12P+. The fourth-order valence-electron chi connectivity index (χ4n) is 6.54. The molecule has 4 N–H and O–H groups in total. The van der Waals surface area contributed by atoms with Gasteiger partial charge in [0, 0.05) is 25.2 Å². The third-order valence-corrected chi connectivity index (χ3v) is 11.3. The van der Waals surface area contributed by atoms with Crippen LogP contribution in [0.4, 0.5) is 0 Å². The van der Waals surface area contributed by atoms with E-state index in [1.165, 1.54) is 38.5 Å². The van der Waals surface area contributed by atoms with Gasteiger partial charge in [0.15, 0.2) is 12.4 Å². The van der Waals surface area contributed by atoms with Crippen LogP contribution in [0.2, 0.25) is 0 Å². The highest BCUT2D eigenvalue weighted by Gasteiger charge is 2.35. The van der Waals surface area contributed by atoms with Crippen LogP contribution in [-0.4, -0.2) is 115 Å². The Morgan fingerprint density at radius 1 is 0.758 bits per heavy atom. The van der Waals surface area contributed by atoms with Crippen molar-refractivity contribution >= 4 is 19.8 Å². The second kappa shape index (κ2) is 35.8. The minimum absolute atomic E-state index is 0.0278. The number of ether oxygens (including phenoxy) is 3. The fraction of sp³-hybridized carbons (Fsp3) is 0.750. The molecule has 0 saturated carbocycles. The van der Waals surface area contributed by atoms with E-state index in [0.717, 1.165) is 38.5 Å². The summed E-state index contributed by atoms with van der Waals surface area (Å²) in [7, 11) is 1.28. The maximum Gasteiger partial charge on any atom is 0.472 e. The minimum Gasteiger partial charge on any atom is -0.462 e. The molecule has 1 fully saturated rings. The lowest BCUT2D eigenvalue weighted by Gasteiger charge is -2.36. The summed E-state index contributed by atoms with van der Waals surface area (Å²) in [6.45, 7) is 3.92. The number of rotatable bonds is 37. The number of unbranched alkanes of at least 4 members (excludes halogenated alkanes) is 10. The van der Waals surface area contributed by atoms with Crippen LogP contribution >= 0.6 is 7.82 Å². The van der Waals surface area contributed by atoms with Crippen molar-refractivity contribution in [3.8, 4) is 0 Å². The van der Waals surface area contributed by atoms with Crippen LogP contribution < -0.4 is 0 Å². The summed E-state index contributed by atoms with van der Waals surface area (Å²) < 4.78 is 39.9. The predicted octanol–water partition coefficient (Wildman–Crippen LogP) is 9.35. The van der Waals surface area contributed by atoms with Gasteiger partial charge in [-0.05, 0) is 64.2 Å². The summed E-state index contributed by atoms with van der Waals surface area (Å²) in [6.07, 6.45) is 33.3. The maximum absolute atomic E-state index is 12.8. The number of carbonyl (C=O) groups excluding carboxylic acids is 2. The lowest BCUT2D eigenvalue weighted by atomic mass is 9.87. The molecule has 0 amide bonds. The SMILES string of the molecule is CCCCCCCC/C=C\C/C=C\C/C=C\CCCC(=O)OC[C@H](COP(=O)(O)OCC[N+](C)(C)C)OC(=O)CCC/C=C\C[C@H]1[C@@H](O)CC(O)O[C@@H]1/C=C/[C@@H](O)CCCCC. The Bertz CT molecular complexity index is 1360. The van der Waals surface area contributed by atoms with E-state index in [2.05, 4.69) is 44.2 Å². The van der Waals surface area contributed by atoms with Crippen molar-refractivity contribution in [2.75, 3.05) is 47.5 Å². The van der Waals surface area contributed by atoms with Crippen LogP contribution in [0, 0.1) is 5.92 Å². The van der Waals surface area contributed by atoms with E-state index in [9.17, 15) is 34.4 Å². The van der Waals surface area contributed by atoms with Gasteiger partial charge in [0.2, 0.25) is 0 Å². The number of hydrogen-bond donors (Lipinski definition) is 4. The van der Waals surface area contributed by atoms with Gasteiger partial charge in [0.25, 0.3) is 0 Å². The molecule has 1 rings (SSSR count). The second-order valence-corrected chi connectivity index (χ2v) is 18.8. The highest BCUT2D eigenvalue weighted by molar-refractivity contribution is 7.47. The number of hydrogen-bond acceptors (Lipinski definition) is 11. The van der Waals surface area contributed by atoms with Crippen LogP contribution in [0.3, 0.4) is 0 Å². The number of quaternary nitrogens is 1. The van der Waals surface area contributed by atoms with Gasteiger partial charge in [-0.3, -0.25) is 18.6 Å². The number of likely N-dealkylation sites (N-methyl/N-ethyl adjacent to an activating group) is 1. The number of carbonyl (C=O) groups is 2. The summed E-state index contributed by atoms with van der Waals surface area (Å²) in [4.78, 5) is 35.6. The van der Waals surface area contributed by atoms with E-state index < -0.39 is 57.1 Å². The first kappa shape index (κ1) is 57.6. The molecule has 13 nitrogen and oxygen atoms in total. The van der Waals surface area contributed by atoms with Crippen molar-refractivity contribution in [3.05, 3.63) is 60.8 Å². The molecule has 0 bridgehead atoms. The van der Waals surface area contributed by atoms with E-state index in [1.54, 1.807) is 12.2 Å². The zero-order valence-corrected chi connectivity index (χ0v) is 39.8. The van der Waals surface area contributed by atoms with Crippen molar-refractivity contribution in [2.45, 2.75) is 179 Å². The predicted molar refractivity (Wildman–Crippen MR) is 246 cm³/mol. The van der Waals surface area contributed by atoms with Crippen molar-refractivity contribution in [3.63, 3.8) is 0 Å². The number of aliphatic hydroxyl groups is 3. The lowest BCUT2D eigenvalue weighted by Crippen LogP contribution is -2.43. The van der Waals surface area contributed by atoms with Crippen LogP contribution in [0.15, 0.2) is 60.8 Å². The summed E-state index contributed by atoms with van der Waals surface area (Å²) in [5.74, 6) is -1.38. The van der Waals surface area contributed by atoms with E-state index in [0.29, 0.717) is 49.6 Å². The molecule has 1 saturated heterocycles. The molecule has 358 valence electrons. The summed E-state index contributed by atoms with van der Waals surface area (Å²) in [6, 6.07) is 0. The van der Waals surface area contributed by atoms with Gasteiger partial charge in [-0.2, -0.15) is 0 Å². The van der Waals surface area contributed by atoms with Gasteiger partial charge in [0.1, 0.15) is 19.8 Å². The van der Waals surface area contributed by atoms with Crippen molar-refractivity contribution in [1.29, 1.82) is 0 Å². The Kier molecular flexibility index (Phi) is 33.3. The van der Waals surface area contributed by atoms with Crippen LogP contribution in [0.1, 0.15) is 149 Å². The number of allylic oxidation sites excluding steroid dienone is 8. The Labute approximate surface area is 374 Å². The molecule has 0 aromatic carbocycles. The standard InChI is InChI=1S/C48H84NO12P/c1-6-8-10-11-12-13-14-15-16-17-18-19-20-21-22-23-28-32-46(52)57-39-42(40-59-62(55,56)58-37-36-49(3,4)5)60-47(53)33-29-25-24-27-31-43-44(51)38-48(54)61-45(43)35-34-41(50)30-26-9-7-2/h15-16,18-19,21-22,24,27,34-35,41-45,48,50-51,54H,6-14,17,20,23,25-26,28-33,36-40H2,1-5H3/p+1/b16-15-,19-18-,22-21-,27-24-,35-34+/t41-,42+,43-,44-,45+,48?/m0/s1. The highest BCUT2D eigenvalue weighted by Crippen LogP contribution is 2.43. The van der Waals surface area contributed by atoms with E-state index >= 15 is 0 Å². The van der Waals surface area contributed by atoms with Crippen molar-refractivity contribution < 1.29 is 62.1 Å². The Hall–Kier alpha value is -2.45. The molecule has 2 unspecified atom stereocenters. The smallest absolute Gasteiger partial charge is 0.462 e. The monoisotopic (exact) mass is 899 g/mol. The van der Waals surface area contributed by atoms with Crippen LogP contribution in [-0.2, 0) is 37.4 Å². The van der Waals surface area contributed by atoms with E-state index in [4.69, 9.17) is 23.3 Å². The number of phosphoric acid groups is 1. The number of nitrogens with zero attached hydrogens (tertiary/aromatic N) is 1. The molecule has 0 radical (unpaired) electrons. The zero-order valence-electron chi connectivity index (χ0n) is 38.9. The van der Waals surface area contributed by atoms with Gasteiger partial charge in [-0.15, -0.1) is 0 Å². The molecule has 0 spiro atoms.